The Morgan fingerprint density at radius 2 is 2.05 bits per heavy atom. The van der Waals surface area contributed by atoms with Crippen molar-refractivity contribution in [2.75, 3.05) is 13.1 Å². The van der Waals surface area contributed by atoms with Gasteiger partial charge in [-0.25, -0.2) is 0 Å². The molecule has 1 saturated heterocycles. The Morgan fingerprint density at radius 1 is 1.38 bits per heavy atom. The van der Waals surface area contributed by atoms with Crippen LogP contribution in [0.4, 0.5) is 0 Å². The van der Waals surface area contributed by atoms with Crippen molar-refractivity contribution in [3.63, 3.8) is 0 Å². The van der Waals surface area contributed by atoms with Crippen molar-refractivity contribution in [2.24, 2.45) is 5.73 Å². The molecule has 1 amide bonds. The van der Waals surface area contributed by atoms with E-state index in [9.17, 15) is 4.79 Å². The molecule has 1 heterocycles. The Bertz CT molecular complexity index is 447. The van der Waals surface area contributed by atoms with Crippen molar-refractivity contribution in [1.82, 2.24) is 4.90 Å². The molecular weight excluding hydrogens is 284 g/mol. The molecule has 2 atom stereocenters. The lowest BCUT2D eigenvalue weighted by molar-refractivity contribution is -0.132. The first-order chi connectivity index (χ1) is 9.60. The highest BCUT2D eigenvalue weighted by Crippen LogP contribution is 2.21. The van der Waals surface area contributed by atoms with E-state index in [0.717, 1.165) is 32.4 Å². The predicted octanol–water partition coefficient (Wildman–Crippen LogP) is 3.11. The third-order valence-electron chi connectivity index (χ3n) is 4.25. The molecule has 2 N–H and O–H groups in total. The van der Waals surface area contributed by atoms with Gasteiger partial charge in [0, 0.05) is 25.6 Å². The van der Waals surface area contributed by atoms with E-state index < -0.39 is 0 Å². The van der Waals surface area contributed by atoms with Crippen molar-refractivity contribution in [3.8, 4) is 0 Å². The lowest BCUT2D eigenvalue weighted by atomic mass is 9.95. The Hall–Kier alpha value is -1.06. The van der Waals surface area contributed by atoms with Crippen molar-refractivity contribution in [1.29, 1.82) is 0 Å². The first-order valence-electron chi connectivity index (χ1n) is 7.72. The summed E-state index contributed by atoms with van der Waals surface area (Å²) in [6.07, 6.45) is 3.71. The number of nitrogens with zero attached hydrogens (tertiary/aromatic N) is 1. The minimum absolute atomic E-state index is 0. The molecule has 2 unspecified atom stereocenters. The summed E-state index contributed by atoms with van der Waals surface area (Å²) < 4.78 is 0. The second kappa shape index (κ2) is 8.40. The minimum Gasteiger partial charge on any atom is -0.341 e. The van der Waals surface area contributed by atoms with Gasteiger partial charge >= 0.3 is 0 Å². The van der Waals surface area contributed by atoms with Gasteiger partial charge in [-0.2, -0.15) is 0 Å². The smallest absolute Gasteiger partial charge is 0.223 e. The summed E-state index contributed by atoms with van der Waals surface area (Å²) in [4.78, 5) is 14.3. The van der Waals surface area contributed by atoms with E-state index >= 15 is 0 Å². The Labute approximate surface area is 134 Å². The second-order valence-corrected chi connectivity index (χ2v) is 5.94. The van der Waals surface area contributed by atoms with Gasteiger partial charge in [-0.3, -0.25) is 4.79 Å². The summed E-state index contributed by atoms with van der Waals surface area (Å²) >= 11 is 0. The molecule has 0 aliphatic carbocycles. The quantitative estimate of drug-likeness (QED) is 0.929. The number of nitrogens with two attached hydrogens (primary N) is 1. The normalized spacial score (nSPS) is 19.8. The van der Waals surface area contributed by atoms with Crippen LogP contribution in [0.2, 0.25) is 0 Å². The molecule has 1 aromatic carbocycles. The number of carbonyl (C=O) groups excluding carboxylic acids is 1. The maximum atomic E-state index is 12.3. The first-order valence-corrected chi connectivity index (χ1v) is 7.72. The molecule has 1 aliphatic heterocycles. The van der Waals surface area contributed by atoms with Crippen LogP contribution in [0.3, 0.4) is 0 Å². The third-order valence-corrected chi connectivity index (χ3v) is 4.25. The largest absolute Gasteiger partial charge is 0.341 e. The average Bonchev–Trinajstić information content (AvgIpc) is 2.47. The van der Waals surface area contributed by atoms with E-state index in [-0.39, 0.29) is 30.3 Å². The van der Waals surface area contributed by atoms with Crippen LogP contribution < -0.4 is 5.73 Å². The average molecular weight is 311 g/mol. The molecule has 0 bridgehead atoms. The number of rotatable bonds is 4. The number of benzene rings is 1. The van der Waals surface area contributed by atoms with Gasteiger partial charge in [-0.1, -0.05) is 38.1 Å². The SMILES string of the molecule is CCc1ccc(C(C)CC(=O)N2CCCC(N)C2)cc1.Cl. The molecular formula is C17H27ClN2O. The fourth-order valence-corrected chi connectivity index (χ4v) is 2.83. The second-order valence-electron chi connectivity index (χ2n) is 5.94. The lowest BCUT2D eigenvalue weighted by Gasteiger charge is -2.31. The van der Waals surface area contributed by atoms with E-state index in [1.54, 1.807) is 0 Å². The summed E-state index contributed by atoms with van der Waals surface area (Å²) in [7, 11) is 0. The number of halogens is 1. The fraction of sp³-hybridized carbons (Fsp3) is 0.588. The topological polar surface area (TPSA) is 46.3 Å². The van der Waals surface area contributed by atoms with Crippen LogP contribution in [0.15, 0.2) is 24.3 Å². The fourth-order valence-electron chi connectivity index (χ4n) is 2.83. The van der Waals surface area contributed by atoms with Crippen molar-refractivity contribution in [2.45, 2.75) is 51.5 Å². The number of likely N-dealkylation sites (tertiary alicyclic amines) is 1. The molecule has 0 spiro atoms. The summed E-state index contributed by atoms with van der Waals surface area (Å²) in [6.45, 7) is 5.87. The van der Waals surface area contributed by atoms with E-state index in [4.69, 9.17) is 5.73 Å². The molecule has 1 fully saturated rings. The zero-order valence-electron chi connectivity index (χ0n) is 13.0. The molecule has 118 valence electrons. The monoisotopic (exact) mass is 310 g/mol. The zero-order valence-corrected chi connectivity index (χ0v) is 13.9. The Morgan fingerprint density at radius 3 is 2.62 bits per heavy atom. The minimum atomic E-state index is 0. The zero-order chi connectivity index (χ0) is 14.5. The maximum Gasteiger partial charge on any atom is 0.223 e. The molecule has 1 aromatic rings. The highest BCUT2D eigenvalue weighted by atomic mass is 35.5. The molecule has 0 radical (unpaired) electrons. The first kappa shape index (κ1) is 18.0. The number of piperidine rings is 1. The highest BCUT2D eigenvalue weighted by molar-refractivity contribution is 5.85. The van der Waals surface area contributed by atoms with Gasteiger partial charge in [-0.15, -0.1) is 12.4 Å². The lowest BCUT2D eigenvalue weighted by Crippen LogP contribution is -2.45. The molecule has 0 aromatic heterocycles. The van der Waals surface area contributed by atoms with Crippen LogP contribution in [0.1, 0.15) is 50.2 Å². The van der Waals surface area contributed by atoms with Crippen LogP contribution in [-0.4, -0.2) is 29.9 Å². The molecule has 2 rings (SSSR count). The number of hydrogen-bond acceptors (Lipinski definition) is 2. The van der Waals surface area contributed by atoms with Gasteiger partial charge in [0.25, 0.3) is 0 Å². The van der Waals surface area contributed by atoms with Gasteiger partial charge in [0.2, 0.25) is 5.91 Å². The molecule has 1 aliphatic rings. The van der Waals surface area contributed by atoms with Crippen molar-refractivity contribution in [3.05, 3.63) is 35.4 Å². The van der Waals surface area contributed by atoms with E-state index in [1.165, 1.54) is 11.1 Å². The van der Waals surface area contributed by atoms with Gasteiger partial charge in [0.05, 0.1) is 0 Å². The molecule has 3 nitrogen and oxygen atoms in total. The Balaban J connectivity index is 0.00000220. The van der Waals surface area contributed by atoms with Crippen LogP contribution in [0.25, 0.3) is 0 Å². The van der Waals surface area contributed by atoms with Gasteiger partial charge in [0.1, 0.15) is 0 Å². The number of carbonyl (C=O) groups is 1. The molecule has 0 saturated carbocycles. The number of amides is 1. The number of hydrogen-bond donors (Lipinski definition) is 1. The summed E-state index contributed by atoms with van der Waals surface area (Å²) in [5.41, 5.74) is 8.53. The summed E-state index contributed by atoms with van der Waals surface area (Å²) in [6, 6.07) is 8.78. The maximum absolute atomic E-state index is 12.3. The van der Waals surface area contributed by atoms with Gasteiger partial charge in [-0.05, 0) is 36.3 Å². The van der Waals surface area contributed by atoms with E-state index in [1.807, 2.05) is 4.90 Å². The predicted molar refractivity (Wildman–Crippen MR) is 89.9 cm³/mol. The van der Waals surface area contributed by atoms with Crippen LogP contribution in [0.5, 0.6) is 0 Å². The standard InChI is InChI=1S/C17H26N2O.ClH/c1-3-14-6-8-15(9-7-14)13(2)11-17(20)19-10-4-5-16(18)12-19;/h6-9,13,16H,3-5,10-12,18H2,1-2H3;1H. The Kier molecular flexibility index (Phi) is 7.20. The van der Waals surface area contributed by atoms with Crippen molar-refractivity contribution < 1.29 is 4.79 Å². The van der Waals surface area contributed by atoms with Gasteiger partial charge in [0.15, 0.2) is 0 Å². The molecule has 4 heteroatoms. The van der Waals surface area contributed by atoms with Crippen LogP contribution in [0, 0.1) is 0 Å². The van der Waals surface area contributed by atoms with Gasteiger partial charge < -0.3 is 10.6 Å². The summed E-state index contributed by atoms with van der Waals surface area (Å²) in [5.74, 6) is 0.513. The van der Waals surface area contributed by atoms with E-state index in [2.05, 4.69) is 38.1 Å². The summed E-state index contributed by atoms with van der Waals surface area (Å²) in [5, 5.41) is 0. The highest BCUT2D eigenvalue weighted by Gasteiger charge is 2.22. The molecule has 21 heavy (non-hydrogen) atoms. The van der Waals surface area contributed by atoms with E-state index in [0.29, 0.717) is 6.42 Å². The van der Waals surface area contributed by atoms with Crippen LogP contribution in [-0.2, 0) is 11.2 Å². The van der Waals surface area contributed by atoms with Crippen LogP contribution >= 0.6 is 12.4 Å². The van der Waals surface area contributed by atoms with Crippen molar-refractivity contribution >= 4 is 18.3 Å². The third kappa shape index (κ3) is 5.01. The number of aryl methyl sites for hydroxylation is 1.